The molecule has 1 nitrogen and oxygen atoms in total. The number of anilines is 1. The number of benzene rings is 1. The third-order valence-electron chi connectivity index (χ3n) is 3.74. The monoisotopic (exact) mass is 269 g/mol. The van der Waals surface area contributed by atoms with Crippen molar-refractivity contribution in [3.63, 3.8) is 0 Å². The topological polar surface area (TPSA) is 12.0 Å². The standard InChI is InChI=1S/C15H21ClFN/c16-14-10-13(8-9-15(14)17)18-11-12-6-4-2-1-3-5-7-12/h8-10,12,18H,1-7,11H2. The smallest absolute Gasteiger partial charge is 0.141 e. The fourth-order valence-electron chi connectivity index (χ4n) is 2.61. The van der Waals surface area contributed by atoms with Gasteiger partial charge in [0.05, 0.1) is 5.02 Å². The van der Waals surface area contributed by atoms with Gasteiger partial charge in [-0.2, -0.15) is 0 Å². The van der Waals surface area contributed by atoms with Gasteiger partial charge in [0.1, 0.15) is 5.82 Å². The summed E-state index contributed by atoms with van der Waals surface area (Å²) < 4.78 is 13.0. The van der Waals surface area contributed by atoms with Crippen molar-refractivity contribution in [3.05, 3.63) is 29.0 Å². The van der Waals surface area contributed by atoms with Crippen LogP contribution in [0.4, 0.5) is 10.1 Å². The first-order valence-corrected chi connectivity index (χ1v) is 7.32. The molecule has 0 amide bonds. The van der Waals surface area contributed by atoms with Gasteiger partial charge in [-0.25, -0.2) is 4.39 Å². The average Bonchev–Trinajstić information content (AvgIpc) is 2.32. The van der Waals surface area contributed by atoms with Crippen LogP contribution in [0.15, 0.2) is 18.2 Å². The Labute approximate surface area is 114 Å². The molecule has 1 aromatic carbocycles. The molecule has 0 radical (unpaired) electrons. The summed E-state index contributed by atoms with van der Waals surface area (Å²) in [5, 5.41) is 3.57. The highest BCUT2D eigenvalue weighted by Crippen LogP contribution is 2.24. The summed E-state index contributed by atoms with van der Waals surface area (Å²) >= 11 is 5.77. The van der Waals surface area contributed by atoms with Crippen molar-refractivity contribution in [1.82, 2.24) is 0 Å². The lowest BCUT2D eigenvalue weighted by Crippen LogP contribution is -2.15. The SMILES string of the molecule is Fc1ccc(NCC2CCCCCCC2)cc1Cl. The Kier molecular flexibility index (Phi) is 5.30. The molecule has 1 aromatic rings. The van der Waals surface area contributed by atoms with Crippen LogP contribution in [-0.4, -0.2) is 6.54 Å². The van der Waals surface area contributed by atoms with Gasteiger partial charge in [0.2, 0.25) is 0 Å². The summed E-state index contributed by atoms with van der Waals surface area (Å²) in [5.74, 6) is 0.391. The number of hydrogen-bond donors (Lipinski definition) is 1. The zero-order valence-corrected chi connectivity index (χ0v) is 11.5. The van der Waals surface area contributed by atoms with E-state index in [2.05, 4.69) is 5.32 Å². The molecule has 0 atom stereocenters. The second-order valence-electron chi connectivity index (χ2n) is 5.22. The average molecular weight is 270 g/mol. The molecule has 0 aliphatic heterocycles. The molecule has 0 unspecified atom stereocenters. The maximum absolute atomic E-state index is 13.0. The first kappa shape index (κ1) is 13.7. The van der Waals surface area contributed by atoms with E-state index in [0.29, 0.717) is 0 Å². The lowest BCUT2D eigenvalue weighted by Gasteiger charge is -2.20. The van der Waals surface area contributed by atoms with E-state index in [1.54, 1.807) is 12.1 Å². The van der Waals surface area contributed by atoms with Gasteiger partial charge in [-0.05, 0) is 37.0 Å². The van der Waals surface area contributed by atoms with Crippen LogP contribution >= 0.6 is 11.6 Å². The highest BCUT2D eigenvalue weighted by Gasteiger charge is 2.11. The molecule has 3 heteroatoms. The summed E-state index contributed by atoms with van der Waals surface area (Å²) in [5.41, 5.74) is 0.920. The Morgan fingerprint density at radius 3 is 2.44 bits per heavy atom. The van der Waals surface area contributed by atoms with Crippen LogP contribution in [0.25, 0.3) is 0 Å². The largest absolute Gasteiger partial charge is 0.385 e. The van der Waals surface area contributed by atoms with Gasteiger partial charge in [0.15, 0.2) is 0 Å². The van der Waals surface area contributed by atoms with Crippen molar-refractivity contribution >= 4 is 17.3 Å². The maximum atomic E-state index is 13.0. The third kappa shape index (κ3) is 4.16. The molecule has 2 rings (SSSR count). The van der Waals surface area contributed by atoms with Crippen LogP contribution < -0.4 is 5.32 Å². The molecule has 0 heterocycles. The highest BCUT2D eigenvalue weighted by molar-refractivity contribution is 6.31. The van der Waals surface area contributed by atoms with E-state index in [9.17, 15) is 4.39 Å². The van der Waals surface area contributed by atoms with Crippen molar-refractivity contribution in [2.75, 3.05) is 11.9 Å². The number of rotatable bonds is 3. The molecule has 0 bridgehead atoms. The minimum atomic E-state index is -0.354. The Morgan fingerprint density at radius 2 is 1.78 bits per heavy atom. The van der Waals surface area contributed by atoms with Crippen LogP contribution in [0.3, 0.4) is 0 Å². The summed E-state index contributed by atoms with van der Waals surface area (Å²) in [6.45, 7) is 0.974. The third-order valence-corrected chi connectivity index (χ3v) is 4.03. The van der Waals surface area contributed by atoms with Crippen LogP contribution in [0.1, 0.15) is 44.9 Å². The van der Waals surface area contributed by atoms with E-state index in [0.717, 1.165) is 18.2 Å². The van der Waals surface area contributed by atoms with Crippen molar-refractivity contribution in [3.8, 4) is 0 Å². The maximum Gasteiger partial charge on any atom is 0.141 e. The number of halogens is 2. The molecular weight excluding hydrogens is 249 g/mol. The molecule has 1 aliphatic rings. The second-order valence-corrected chi connectivity index (χ2v) is 5.63. The number of hydrogen-bond acceptors (Lipinski definition) is 1. The van der Waals surface area contributed by atoms with Crippen LogP contribution in [-0.2, 0) is 0 Å². The predicted molar refractivity (Wildman–Crippen MR) is 75.7 cm³/mol. The molecule has 0 spiro atoms. The number of nitrogens with one attached hydrogen (secondary N) is 1. The summed E-state index contributed by atoms with van der Waals surface area (Å²) in [7, 11) is 0. The van der Waals surface area contributed by atoms with Crippen molar-refractivity contribution < 1.29 is 4.39 Å². The van der Waals surface area contributed by atoms with Gasteiger partial charge >= 0.3 is 0 Å². The minimum Gasteiger partial charge on any atom is -0.385 e. The highest BCUT2D eigenvalue weighted by atomic mass is 35.5. The Morgan fingerprint density at radius 1 is 1.11 bits per heavy atom. The molecule has 18 heavy (non-hydrogen) atoms. The first-order chi connectivity index (χ1) is 8.75. The van der Waals surface area contributed by atoms with Gasteiger partial charge < -0.3 is 5.32 Å². The molecule has 1 aliphatic carbocycles. The Balaban J connectivity index is 1.83. The normalized spacial score (nSPS) is 18.1. The van der Waals surface area contributed by atoms with Crippen molar-refractivity contribution in [2.24, 2.45) is 5.92 Å². The van der Waals surface area contributed by atoms with Gasteiger partial charge in [0.25, 0.3) is 0 Å². The van der Waals surface area contributed by atoms with Gasteiger partial charge in [0, 0.05) is 12.2 Å². The lowest BCUT2D eigenvalue weighted by molar-refractivity contribution is 0.392. The fourth-order valence-corrected chi connectivity index (χ4v) is 2.79. The summed E-state index contributed by atoms with van der Waals surface area (Å²) in [6, 6.07) is 4.84. The lowest BCUT2D eigenvalue weighted by atomic mass is 9.91. The van der Waals surface area contributed by atoms with E-state index in [1.807, 2.05) is 0 Å². The molecule has 1 N–H and O–H groups in total. The first-order valence-electron chi connectivity index (χ1n) is 6.94. The molecule has 1 saturated carbocycles. The zero-order chi connectivity index (χ0) is 12.8. The van der Waals surface area contributed by atoms with Crippen molar-refractivity contribution in [1.29, 1.82) is 0 Å². The Bertz CT molecular complexity index is 373. The van der Waals surface area contributed by atoms with E-state index >= 15 is 0 Å². The zero-order valence-electron chi connectivity index (χ0n) is 10.7. The molecular formula is C15H21ClFN. The minimum absolute atomic E-state index is 0.192. The fraction of sp³-hybridized carbons (Fsp3) is 0.600. The summed E-state index contributed by atoms with van der Waals surface area (Å²) in [4.78, 5) is 0. The molecule has 100 valence electrons. The van der Waals surface area contributed by atoms with Crippen molar-refractivity contribution in [2.45, 2.75) is 44.9 Å². The predicted octanol–water partition coefficient (Wildman–Crippen LogP) is 5.25. The van der Waals surface area contributed by atoms with Gasteiger partial charge in [-0.3, -0.25) is 0 Å². The Hall–Kier alpha value is -0.760. The van der Waals surface area contributed by atoms with Crippen LogP contribution in [0.2, 0.25) is 5.02 Å². The molecule has 0 aromatic heterocycles. The molecule has 0 saturated heterocycles. The van der Waals surface area contributed by atoms with Gasteiger partial charge in [-0.1, -0.05) is 43.7 Å². The van der Waals surface area contributed by atoms with Crippen LogP contribution in [0, 0.1) is 11.7 Å². The van der Waals surface area contributed by atoms with Gasteiger partial charge in [-0.15, -0.1) is 0 Å². The van der Waals surface area contributed by atoms with Crippen LogP contribution in [0.5, 0.6) is 0 Å². The van der Waals surface area contributed by atoms with E-state index in [1.165, 1.54) is 51.0 Å². The van der Waals surface area contributed by atoms with E-state index < -0.39 is 0 Å². The molecule has 1 fully saturated rings. The second kappa shape index (κ2) is 6.98. The van der Waals surface area contributed by atoms with E-state index in [-0.39, 0.29) is 10.8 Å². The van der Waals surface area contributed by atoms with E-state index in [4.69, 9.17) is 11.6 Å². The quantitative estimate of drug-likeness (QED) is 0.790. The summed E-state index contributed by atoms with van der Waals surface area (Å²) in [6.07, 6.45) is 9.45.